The summed E-state index contributed by atoms with van der Waals surface area (Å²) in [7, 11) is 4.16. The topological polar surface area (TPSA) is 44.5 Å². The van der Waals surface area contributed by atoms with Crippen LogP contribution in [0.25, 0.3) is 11.3 Å². The highest BCUT2D eigenvalue weighted by atomic mass is 16.5. The van der Waals surface area contributed by atoms with Gasteiger partial charge < -0.3 is 19.6 Å². The lowest BCUT2D eigenvalue weighted by Gasteiger charge is -2.19. The van der Waals surface area contributed by atoms with Crippen molar-refractivity contribution in [3.63, 3.8) is 0 Å². The number of nitrogens with zero attached hydrogens (tertiary/aromatic N) is 3. The first-order valence-corrected chi connectivity index (χ1v) is 8.31. The molecule has 5 nitrogen and oxygen atoms in total. The Labute approximate surface area is 139 Å². The first-order valence-electron chi connectivity index (χ1n) is 8.31. The van der Waals surface area contributed by atoms with Crippen molar-refractivity contribution >= 4 is 5.88 Å². The lowest BCUT2D eigenvalue weighted by atomic mass is 10.1. The van der Waals surface area contributed by atoms with E-state index in [1.54, 1.807) is 0 Å². The van der Waals surface area contributed by atoms with E-state index < -0.39 is 0 Å². The molecule has 0 aliphatic carbocycles. The smallest absolute Gasteiger partial charge is 0.232 e. The van der Waals surface area contributed by atoms with E-state index in [9.17, 15) is 0 Å². The van der Waals surface area contributed by atoms with Gasteiger partial charge in [0.1, 0.15) is 5.69 Å². The Hall–Kier alpha value is -1.85. The molecule has 0 atom stereocenters. The quantitative estimate of drug-likeness (QED) is 0.721. The van der Waals surface area contributed by atoms with E-state index in [1.807, 2.05) is 18.2 Å². The fraction of sp³-hybridized carbons (Fsp3) is 0.500. The molecule has 23 heavy (non-hydrogen) atoms. The van der Waals surface area contributed by atoms with Gasteiger partial charge >= 0.3 is 0 Å². The van der Waals surface area contributed by atoms with Gasteiger partial charge in [-0.15, -0.1) is 0 Å². The zero-order valence-electron chi connectivity index (χ0n) is 14.7. The van der Waals surface area contributed by atoms with Gasteiger partial charge in [-0.1, -0.05) is 35.5 Å². The molecule has 1 aromatic heterocycles. The Balaban J connectivity index is 2.24. The van der Waals surface area contributed by atoms with Crippen molar-refractivity contribution in [1.29, 1.82) is 0 Å². The van der Waals surface area contributed by atoms with Gasteiger partial charge in [-0.2, -0.15) is 0 Å². The fourth-order valence-corrected chi connectivity index (χ4v) is 2.56. The van der Waals surface area contributed by atoms with Gasteiger partial charge in [0.05, 0.1) is 5.56 Å². The van der Waals surface area contributed by atoms with Crippen LogP contribution in [-0.2, 0) is 6.54 Å². The molecule has 0 bridgehead atoms. The van der Waals surface area contributed by atoms with Crippen LogP contribution in [0.4, 0.5) is 5.88 Å². The van der Waals surface area contributed by atoms with E-state index in [4.69, 9.17) is 4.52 Å². The van der Waals surface area contributed by atoms with Gasteiger partial charge in [0, 0.05) is 38.3 Å². The standard InChI is InChI=1S/C18H28N4O/c1-5-22(6-2)18-16(14-19-12-13-21(3)4)17(20-23-18)15-10-8-7-9-11-15/h7-11,19H,5-6,12-14H2,1-4H3. The minimum Gasteiger partial charge on any atom is -0.341 e. The molecule has 0 saturated carbocycles. The molecular weight excluding hydrogens is 288 g/mol. The number of nitrogens with one attached hydrogen (secondary N) is 1. The van der Waals surface area contributed by atoms with E-state index in [-0.39, 0.29) is 0 Å². The second-order valence-corrected chi connectivity index (χ2v) is 5.83. The highest BCUT2D eigenvalue weighted by Gasteiger charge is 2.20. The van der Waals surface area contributed by atoms with Crippen LogP contribution in [0.2, 0.25) is 0 Å². The van der Waals surface area contributed by atoms with Gasteiger partial charge in [0.25, 0.3) is 0 Å². The Kier molecular flexibility index (Phi) is 6.62. The Morgan fingerprint density at radius 2 is 1.78 bits per heavy atom. The number of hydrogen-bond acceptors (Lipinski definition) is 5. The summed E-state index contributed by atoms with van der Waals surface area (Å²) in [6, 6.07) is 10.2. The van der Waals surface area contributed by atoms with Crippen molar-refractivity contribution < 1.29 is 4.52 Å². The molecule has 0 radical (unpaired) electrons. The lowest BCUT2D eigenvalue weighted by Crippen LogP contribution is -2.28. The molecule has 1 heterocycles. The molecular formula is C18H28N4O. The Bertz CT molecular complexity index is 576. The summed E-state index contributed by atoms with van der Waals surface area (Å²) >= 11 is 0. The first-order chi connectivity index (χ1) is 11.2. The molecule has 2 aromatic rings. The summed E-state index contributed by atoms with van der Waals surface area (Å²) in [4.78, 5) is 4.38. The zero-order chi connectivity index (χ0) is 16.7. The van der Waals surface area contributed by atoms with Crippen LogP contribution in [0.3, 0.4) is 0 Å². The Morgan fingerprint density at radius 1 is 1.09 bits per heavy atom. The van der Waals surface area contributed by atoms with E-state index in [0.717, 1.165) is 55.4 Å². The molecule has 0 amide bonds. The van der Waals surface area contributed by atoms with Gasteiger partial charge in [0.15, 0.2) is 0 Å². The molecule has 2 rings (SSSR count). The van der Waals surface area contributed by atoms with Crippen molar-refractivity contribution in [3.8, 4) is 11.3 Å². The summed E-state index contributed by atoms with van der Waals surface area (Å²) in [5.74, 6) is 0.881. The Morgan fingerprint density at radius 3 is 2.39 bits per heavy atom. The van der Waals surface area contributed by atoms with Crippen LogP contribution >= 0.6 is 0 Å². The summed E-state index contributed by atoms with van der Waals surface area (Å²) in [5, 5.41) is 7.85. The van der Waals surface area contributed by atoms with E-state index >= 15 is 0 Å². The van der Waals surface area contributed by atoms with E-state index in [0.29, 0.717) is 0 Å². The van der Waals surface area contributed by atoms with Gasteiger partial charge in [0.2, 0.25) is 5.88 Å². The lowest BCUT2D eigenvalue weighted by molar-refractivity contribution is 0.399. The van der Waals surface area contributed by atoms with Crippen LogP contribution in [0, 0.1) is 0 Å². The van der Waals surface area contributed by atoms with E-state index in [2.05, 4.69) is 60.3 Å². The zero-order valence-corrected chi connectivity index (χ0v) is 14.7. The largest absolute Gasteiger partial charge is 0.341 e. The molecule has 0 aliphatic rings. The van der Waals surface area contributed by atoms with Crippen molar-refractivity contribution in [2.45, 2.75) is 20.4 Å². The summed E-state index contributed by atoms with van der Waals surface area (Å²) in [6.07, 6.45) is 0. The number of hydrogen-bond donors (Lipinski definition) is 1. The fourth-order valence-electron chi connectivity index (χ4n) is 2.56. The van der Waals surface area contributed by atoms with Crippen LogP contribution in [0.1, 0.15) is 19.4 Å². The van der Waals surface area contributed by atoms with Crippen molar-refractivity contribution in [2.24, 2.45) is 0 Å². The van der Waals surface area contributed by atoms with Crippen LogP contribution in [0.5, 0.6) is 0 Å². The van der Waals surface area contributed by atoms with E-state index in [1.165, 1.54) is 0 Å². The van der Waals surface area contributed by atoms with Crippen LogP contribution in [-0.4, -0.2) is 50.3 Å². The maximum Gasteiger partial charge on any atom is 0.232 e. The van der Waals surface area contributed by atoms with Gasteiger partial charge in [-0.05, 0) is 27.9 Å². The molecule has 0 unspecified atom stereocenters. The average Bonchev–Trinajstić information content (AvgIpc) is 2.97. The number of anilines is 1. The monoisotopic (exact) mass is 316 g/mol. The number of aromatic nitrogens is 1. The van der Waals surface area contributed by atoms with Gasteiger partial charge in [-0.25, -0.2) is 0 Å². The molecule has 5 heteroatoms. The summed E-state index contributed by atoms with van der Waals surface area (Å²) in [5.41, 5.74) is 3.17. The molecule has 1 N–H and O–H groups in total. The third-order valence-corrected chi connectivity index (χ3v) is 3.90. The number of rotatable bonds is 9. The molecule has 0 aliphatic heterocycles. The van der Waals surface area contributed by atoms with Crippen LogP contribution < -0.4 is 10.2 Å². The van der Waals surface area contributed by atoms with Crippen molar-refractivity contribution in [2.75, 3.05) is 45.2 Å². The second-order valence-electron chi connectivity index (χ2n) is 5.83. The average molecular weight is 316 g/mol. The SMILES string of the molecule is CCN(CC)c1onc(-c2ccccc2)c1CNCCN(C)C. The summed E-state index contributed by atoms with van der Waals surface area (Å²) in [6.45, 7) is 8.79. The maximum atomic E-state index is 5.70. The minimum absolute atomic E-state index is 0.757. The highest BCUT2D eigenvalue weighted by Crippen LogP contribution is 2.31. The summed E-state index contributed by atoms with van der Waals surface area (Å²) < 4.78 is 5.70. The molecule has 0 fully saturated rings. The predicted octanol–water partition coefficient (Wildman–Crippen LogP) is 2.84. The second kappa shape index (κ2) is 8.70. The normalized spacial score (nSPS) is 11.2. The van der Waals surface area contributed by atoms with Crippen molar-refractivity contribution in [3.05, 3.63) is 35.9 Å². The minimum atomic E-state index is 0.757. The van der Waals surface area contributed by atoms with Crippen LogP contribution in [0.15, 0.2) is 34.9 Å². The maximum absolute atomic E-state index is 5.70. The molecule has 0 spiro atoms. The van der Waals surface area contributed by atoms with Crippen molar-refractivity contribution in [1.82, 2.24) is 15.4 Å². The molecule has 126 valence electrons. The predicted molar refractivity (Wildman–Crippen MR) is 95.8 cm³/mol. The van der Waals surface area contributed by atoms with Gasteiger partial charge in [-0.3, -0.25) is 0 Å². The number of benzene rings is 1. The highest BCUT2D eigenvalue weighted by molar-refractivity contribution is 5.68. The third-order valence-electron chi connectivity index (χ3n) is 3.90. The molecule has 0 saturated heterocycles. The number of likely N-dealkylation sites (N-methyl/N-ethyl adjacent to an activating group) is 1. The molecule has 1 aromatic carbocycles. The first kappa shape index (κ1) is 17.5. The third kappa shape index (κ3) is 4.56.